The number of hydrogen-bond acceptors (Lipinski definition) is 8. The van der Waals surface area contributed by atoms with Crippen LogP contribution in [-0.2, 0) is 6.42 Å². The van der Waals surface area contributed by atoms with Crippen molar-refractivity contribution in [2.45, 2.75) is 26.2 Å². The van der Waals surface area contributed by atoms with Gasteiger partial charge in [0.1, 0.15) is 5.75 Å². The largest absolute Gasteiger partial charge is 0.495 e. The minimum absolute atomic E-state index is 0.357. The first-order chi connectivity index (χ1) is 19.5. The lowest BCUT2D eigenvalue weighted by molar-refractivity contribution is 0.400. The van der Waals surface area contributed by atoms with Gasteiger partial charge in [-0.1, -0.05) is 64.0 Å². The van der Waals surface area contributed by atoms with E-state index < -0.39 is 0 Å². The molecule has 40 heavy (non-hydrogen) atoms. The van der Waals surface area contributed by atoms with E-state index in [4.69, 9.17) is 14.7 Å². The van der Waals surface area contributed by atoms with Gasteiger partial charge in [-0.15, -0.1) is 0 Å². The fraction of sp³-hybridized carbons (Fsp3) is 0.267. The van der Waals surface area contributed by atoms with Gasteiger partial charge in [-0.3, -0.25) is 0 Å². The summed E-state index contributed by atoms with van der Waals surface area (Å²) in [4.78, 5) is 16.3. The summed E-state index contributed by atoms with van der Waals surface area (Å²) < 4.78 is 7.26. The lowest BCUT2D eigenvalue weighted by atomic mass is 9.90. The predicted octanol–water partition coefficient (Wildman–Crippen LogP) is 7.36. The molecule has 0 aliphatic carbocycles. The normalized spacial score (nSPS) is 13.9. The third kappa shape index (κ3) is 7.37. The van der Waals surface area contributed by atoms with Crippen molar-refractivity contribution in [3.05, 3.63) is 92.4 Å². The summed E-state index contributed by atoms with van der Waals surface area (Å²) in [6.07, 6.45) is 4.95. The third-order valence-electron chi connectivity index (χ3n) is 6.81. The minimum Gasteiger partial charge on any atom is -0.495 e. The van der Waals surface area contributed by atoms with Crippen molar-refractivity contribution in [1.82, 2.24) is 15.0 Å². The lowest BCUT2D eigenvalue weighted by Crippen LogP contribution is -2.35. The number of methoxy groups -OCH3 is 1. The second-order valence-electron chi connectivity index (χ2n) is 9.77. The van der Waals surface area contributed by atoms with Gasteiger partial charge in [-0.05, 0) is 77.9 Å². The number of hydrogen-bond donors (Lipinski definition) is 2. The Bertz CT molecular complexity index is 1460. The van der Waals surface area contributed by atoms with Crippen LogP contribution in [0.5, 0.6) is 5.75 Å². The molecule has 2 heterocycles. The molecule has 206 valence electrons. The molecule has 1 saturated heterocycles. The number of aromatic nitrogens is 3. The fourth-order valence-electron chi connectivity index (χ4n) is 4.71. The molecule has 1 aromatic heterocycles. The maximum absolute atomic E-state index is 5.53. The monoisotopic (exact) mass is 663 g/mol. The highest BCUT2D eigenvalue weighted by Gasteiger charge is 2.22. The van der Waals surface area contributed by atoms with Crippen molar-refractivity contribution in [2.24, 2.45) is 11.0 Å². The second kappa shape index (κ2) is 13.2. The van der Waals surface area contributed by atoms with Crippen molar-refractivity contribution in [3.8, 4) is 5.75 Å². The first kappa shape index (κ1) is 28.0. The smallest absolute Gasteiger partial charge is 0.250 e. The van der Waals surface area contributed by atoms with Gasteiger partial charge in [0.2, 0.25) is 17.8 Å². The molecule has 4 aromatic rings. The Morgan fingerprint density at radius 1 is 0.975 bits per heavy atom. The van der Waals surface area contributed by atoms with E-state index in [1.807, 2.05) is 24.3 Å². The van der Waals surface area contributed by atoms with Crippen LogP contribution >= 0.6 is 31.9 Å². The fourth-order valence-corrected chi connectivity index (χ4v) is 6.13. The van der Waals surface area contributed by atoms with Crippen LogP contribution in [0.3, 0.4) is 0 Å². The Morgan fingerprint density at radius 2 is 1.70 bits per heavy atom. The van der Waals surface area contributed by atoms with Crippen LogP contribution in [0.4, 0.5) is 23.5 Å². The van der Waals surface area contributed by atoms with Gasteiger partial charge < -0.3 is 15.0 Å². The Morgan fingerprint density at radius 3 is 2.42 bits per heavy atom. The topological polar surface area (TPSA) is 87.6 Å². The molecular formula is C30H31Br2N7O. The highest BCUT2D eigenvalue weighted by molar-refractivity contribution is 9.11. The standard InChI is InChI=1S/C30H31Br2N7O/c1-20-8-10-25(11-9-20)34-28-35-29(38-33-19-23-17-24(31)18-26(32)27(23)40-2)37-30(36-28)39-14-12-22(13-15-39)16-21-6-4-3-5-7-21/h3-11,17-19,22H,12-16H2,1-2H3,(H2,34,35,36,37,38). The summed E-state index contributed by atoms with van der Waals surface area (Å²) in [6.45, 7) is 3.83. The summed E-state index contributed by atoms with van der Waals surface area (Å²) in [7, 11) is 1.63. The van der Waals surface area contributed by atoms with E-state index >= 15 is 0 Å². The number of anilines is 4. The summed E-state index contributed by atoms with van der Waals surface area (Å²) in [5.74, 6) is 2.77. The average Bonchev–Trinajstić information content (AvgIpc) is 2.95. The number of nitrogens with one attached hydrogen (secondary N) is 2. The van der Waals surface area contributed by atoms with Crippen LogP contribution in [0, 0.1) is 12.8 Å². The number of piperidine rings is 1. The molecule has 0 amide bonds. The number of benzene rings is 3. The van der Waals surface area contributed by atoms with Crippen LogP contribution in [0.25, 0.3) is 0 Å². The summed E-state index contributed by atoms with van der Waals surface area (Å²) >= 11 is 7.05. The second-order valence-corrected chi connectivity index (χ2v) is 11.5. The van der Waals surface area contributed by atoms with Crippen LogP contribution in [0.1, 0.15) is 29.5 Å². The number of halogens is 2. The number of rotatable bonds is 9. The van der Waals surface area contributed by atoms with Gasteiger partial charge in [-0.25, -0.2) is 5.43 Å². The average molecular weight is 665 g/mol. The van der Waals surface area contributed by atoms with Crippen molar-refractivity contribution in [3.63, 3.8) is 0 Å². The molecule has 0 spiro atoms. The first-order valence-corrected chi connectivity index (χ1v) is 14.8. The van der Waals surface area contributed by atoms with E-state index in [1.54, 1.807) is 13.3 Å². The van der Waals surface area contributed by atoms with Crippen LogP contribution in [0.2, 0.25) is 0 Å². The van der Waals surface area contributed by atoms with Crippen LogP contribution < -0.4 is 20.4 Å². The molecular weight excluding hydrogens is 634 g/mol. The van der Waals surface area contributed by atoms with Gasteiger partial charge in [0, 0.05) is 28.8 Å². The van der Waals surface area contributed by atoms with E-state index in [9.17, 15) is 0 Å². The number of nitrogens with zero attached hydrogens (tertiary/aromatic N) is 5. The highest BCUT2D eigenvalue weighted by Crippen LogP contribution is 2.32. The molecule has 0 saturated carbocycles. The Kier molecular flexibility index (Phi) is 9.28. The van der Waals surface area contributed by atoms with E-state index in [2.05, 4.69) is 107 Å². The van der Waals surface area contributed by atoms with Crippen molar-refractivity contribution >= 4 is 61.6 Å². The van der Waals surface area contributed by atoms with Crippen molar-refractivity contribution in [1.29, 1.82) is 0 Å². The Hall–Kier alpha value is -3.50. The highest BCUT2D eigenvalue weighted by atomic mass is 79.9. The van der Waals surface area contributed by atoms with Crippen molar-refractivity contribution in [2.75, 3.05) is 35.8 Å². The summed E-state index contributed by atoms with van der Waals surface area (Å²) in [6, 6.07) is 22.7. The molecule has 0 atom stereocenters. The predicted molar refractivity (Wildman–Crippen MR) is 169 cm³/mol. The molecule has 8 nitrogen and oxygen atoms in total. The van der Waals surface area contributed by atoms with Gasteiger partial charge in [0.25, 0.3) is 0 Å². The molecule has 1 aliphatic rings. The third-order valence-corrected chi connectivity index (χ3v) is 7.85. The number of aryl methyl sites for hydroxylation is 1. The number of ether oxygens (including phenoxy) is 1. The molecule has 0 bridgehead atoms. The Balaban J connectivity index is 1.34. The molecule has 1 aliphatic heterocycles. The van der Waals surface area contributed by atoms with Gasteiger partial charge in [-0.2, -0.15) is 20.1 Å². The van der Waals surface area contributed by atoms with E-state index in [1.165, 1.54) is 11.1 Å². The number of hydrazone groups is 1. The van der Waals surface area contributed by atoms with E-state index in [-0.39, 0.29) is 0 Å². The minimum atomic E-state index is 0.357. The Labute approximate surface area is 251 Å². The van der Waals surface area contributed by atoms with Gasteiger partial charge in [0.05, 0.1) is 17.8 Å². The molecule has 1 fully saturated rings. The molecule has 2 N–H and O–H groups in total. The van der Waals surface area contributed by atoms with E-state index in [0.29, 0.717) is 29.5 Å². The zero-order valence-corrected chi connectivity index (χ0v) is 25.6. The molecule has 3 aromatic carbocycles. The first-order valence-electron chi connectivity index (χ1n) is 13.2. The van der Waals surface area contributed by atoms with Crippen molar-refractivity contribution < 1.29 is 4.74 Å². The lowest BCUT2D eigenvalue weighted by Gasteiger charge is -2.32. The van der Waals surface area contributed by atoms with Crippen LogP contribution in [0.15, 0.2) is 80.8 Å². The SMILES string of the molecule is COc1c(Br)cc(Br)cc1C=NNc1nc(Nc2ccc(C)cc2)nc(N2CCC(Cc3ccccc3)CC2)n1. The summed E-state index contributed by atoms with van der Waals surface area (Å²) in [5.41, 5.74) is 7.27. The maximum atomic E-state index is 5.53. The zero-order chi connectivity index (χ0) is 27.9. The van der Waals surface area contributed by atoms with Gasteiger partial charge in [0.15, 0.2) is 0 Å². The summed E-state index contributed by atoms with van der Waals surface area (Å²) in [5, 5.41) is 7.73. The molecule has 0 unspecified atom stereocenters. The zero-order valence-electron chi connectivity index (χ0n) is 22.4. The molecule has 5 rings (SSSR count). The molecule has 10 heteroatoms. The van der Waals surface area contributed by atoms with Crippen LogP contribution in [-0.4, -0.2) is 41.4 Å². The maximum Gasteiger partial charge on any atom is 0.250 e. The molecule has 0 radical (unpaired) electrons. The van der Waals surface area contributed by atoms with E-state index in [0.717, 1.165) is 52.5 Å². The quantitative estimate of drug-likeness (QED) is 0.143. The van der Waals surface area contributed by atoms with Gasteiger partial charge >= 0.3 is 0 Å².